The first-order valence-electron chi connectivity index (χ1n) is 9.83. The second-order valence-corrected chi connectivity index (χ2v) is 7.66. The molecule has 7 nitrogen and oxygen atoms in total. The molecule has 2 aromatic rings. The summed E-state index contributed by atoms with van der Waals surface area (Å²) < 4.78 is 0. The third-order valence-corrected chi connectivity index (χ3v) is 5.53. The highest BCUT2D eigenvalue weighted by Gasteiger charge is 2.49. The van der Waals surface area contributed by atoms with E-state index in [0.717, 1.165) is 23.7 Å². The Kier molecular flexibility index (Phi) is 6.31. The van der Waals surface area contributed by atoms with Crippen molar-refractivity contribution in [2.75, 3.05) is 29.9 Å². The summed E-state index contributed by atoms with van der Waals surface area (Å²) in [5.74, 6) is -0.934. The Labute approximate surface area is 181 Å². The van der Waals surface area contributed by atoms with Crippen molar-refractivity contribution in [1.29, 1.82) is 0 Å². The first kappa shape index (κ1) is 21.6. The van der Waals surface area contributed by atoms with Crippen molar-refractivity contribution in [3.63, 3.8) is 0 Å². The highest BCUT2D eigenvalue weighted by molar-refractivity contribution is 6.30. The minimum absolute atomic E-state index is 0.369. The largest absolute Gasteiger partial charge is 0.372 e. The number of rotatable bonds is 7. The van der Waals surface area contributed by atoms with Gasteiger partial charge in [0, 0.05) is 29.5 Å². The van der Waals surface area contributed by atoms with Gasteiger partial charge in [-0.15, -0.1) is 0 Å². The topological polar surface area (TPSA) is 81.8 Å². The lowest BCUT2D eigenvalue weighted by atomic mass is 9.92. The summed E-state index contributed by atoms with van der Waals surface area (Å²) in [6.45, 7) is 7.18. The fourth-order valence-corrected chi connectivity index (χ4v) is 3.63. The van der Waals surface area contributed by atoms with Gasteiger partial charge in [-0.1, -0.05) is 23.7 Å². The third kappa shape index (κ3) is 4.26. The molecule has 1 unspecified atom stereocenters. The van der Waals surface area contributed by atoms with Crippen LogP contribution in [0.1, 0.15) is 26.3 Å². The van der Waals surface area contributed by atoms with Gasteiger partial charge in [0.25, 0.3) is 5.91 Å². The summed E-state index contributed by atoms with van der Waals surface area (Å²) in [4.78, 5) is 40.9. The summed E-state index contributed by atoms with van der Waals surface area (Å²) >= 11 is 5.91. The quantitative estimate of drug-likeness (QED) is 0.660. The first-order valence-corrected chi connectivity index (χ1v) is 10.2. The van der Waals surface area contributed by atoms with E-state index in [1.54, 1.807) is 43.3 Å². The van der Waals surface area contributed by atoms with Gasteiger partial charge in [-0.2, -0.15) is 0 Å². The number of hydrogen-bond donors (Lipinski definition) is 2. The molecule has 4 amide bonds. The fraction of sp³-hybridized carbons (Fsp3) is 0.318. The molecule has 158 valence electrons. The number of imide groups is 1. The van der Waals surface area contributed by atoms with Gasteiger partial charge in [-0.05, 0) is 62.7 Å². The monoisotopic (exact) mass is 428 g/mol. The summed E-state index contributed by atoms with van der Waals surface area (Å²) in [5.41, 5.74) is 1.02. The Morgan fingerprint density at radius 1 is 1.07 bits per heavy atom. The van der Waals surface area contributed by atoms with Crippen molar-refractivity contribution >= 4 is 40.8 Å². The standard InChI is InChI=1S/C22H25ClN4O3/c1-4-26(5-2)18-12-10-17(11-13-18)24-19(28)14-27-20(29)22(3,25-21(27)30)15-6-8-16(23)9-7-15/h6-13H,4-5,14H2,1-3H3,(H,24,28)(H,25,30). The van der Waals surface area contributed by atoms with Crippen molar-refractivity contribution in [1.82, 2.24) is 10.2 Å². The van der Waals surface area contributed by atoms with E-state index >= 15 is 0 Å². The number of nitrogens with one attached hydrogen (secondary N) is 2. The van der Waals surface area contributed by atoms with Crippen LogP contribution < -0.4 is 15.5 Å². The molecule has 30 heavy (non-hydrogen) atoms. The molecule has 0 radical (unpaired) electrons. The molecular weight excluding hydrogens is 404 g/mol. The maximum atomic E-state index is 12.9. The molecule has 3 rings (SSSR count). The predicted molar refractivity (Wildman–Crippen MR) is 118 cm³/mol. The molecule has 1 heterocycles. The molecule has 0 spiro atoms. The molecule has 0 aliphatic carbocycles. The number of nitrogens with zero attached hydrogens (tertiary/aromatic N) is 2. The lowest BCUT2D eigenvalue weighted by Gasteiger charge is -2.22. The summed E-state index contributed by atoms with van der Waals surface area (Å²) in [6, 6.07) is 13.5. The van der Waals surface area contributed by atoms with E-state index in [-0.39, 0.29) is 6.54 Å². The number of halogens is 1. The lowest BCUT2D eigenvalue weighted by molar-refractivity contribution is -0.133. The number of amides is 4. The van der Waals surface area contributed by atoms with Crippen LogP contribution in [-0.2, 0) is 15.1 Å². The van der Waals surface area contributed by atoms with Gasteiger partial charge < -0.3 is 15.5 Å². The Bertz CT molecular complexity index is 942. The Balaban J connectivity index is 1.67. The second kappa shape index (κ2) is 8.75. The van der Waals surface area contributed by atoms with Gasteiger partial charge in [0.15, 0.2) is 0 Å². The molecule has 1 atom stereocenters. The van der Waals surface area contributed by atoms with Gasteiger partial charge in [0.05, 0.1) is 0 Å². The van der Waals surface area contributed by atoms with Crippen LogP contribution in [0.2, 0.25) is 5.02 Å². The van der Waals surface area contributed by atoms with E-state index in [2.05, 4.69) is 29.4 Å². The fourth-order valence-electron chi connectivity index (χ4n) is 3.51. The molecule has 0 aromatic heterocycles. The van der Waals surface area contributed by atoms with Crippen LogP contribution in [-0.4, -0.2) is 42.4 Å². The Hall–Kier alpha value is -3.06. The van der Waals surface area contributed by atoms with Crippen molar-refractivity contribution in [2.45, 2.75) is 26.3 Å². The number of urea groups is 1. The molecule has 8 heteroatoms. The van der Waals surface area contributed by atoms with Crippen molar-refractivity contribution < 1.29 is 14.4 Å². The maximum Gasteiger partial charge on any atom is 0.325 e. The number of carbonyl (C=O) groups excluding carboxylic acids is 3. The zero-order chi connectivity index (χ0) is 21.9. The number of carbonyl (C=O) groups is 3. The normalized spacial score (nSPS) is 18.3. The Morgan fingerprint density at radius 3 is 2.23 bits per heavy atom. The highest BCUT2D eigenvalue weighted by Crippen LogP contribution is 2.29. The van der Waals surface area contributed by atoms with Crippen LogP contribution in [0, 0.1) is 0 Å². The molecule has 2 aromatic carbocycles. The summed E-state index contributed by atoms with van der Waals surface area (Å²) in [5, 5.41) is 5.94. The molecule has 1 aliphatic rings. The van der Waals surface area contributed by atoms with Crippen LogP contribution in [0.15, 0.2) is 48.5 Å². The third-order valence-electron chi connectivity index (χ3n) is 5.28. The summed E-state index contributed by atoms with van der Waals surface area (Å²) in [7, 11) is 0. The average molecular weight is 429 g/mol. The zero-order valence-electron chi connectivity index (χ0n) is 17.2. The van der Waals surface area contributed by atoms with E-state index < -0.39 is 23.4 Å². The van der Waals surface area contributed by atoms with Crippen LogP contribution in [0.25, 0.3) is 0 Å². The lowest BCUT2D eigenvalue weighted by Crippen LogP contribution is -2.42. The van der Waals surface area contributed by atoms with Gasteiger partial charge in [-0.3, -0.25) is 14.5 Å². The molecule has 2 N–H and O–H groups in total. The predicted octanol–water partition coefficient (Wildman–Crippen LogP) is 3.59. The van der Waals surface area contributed by atoms with Crippen molar-refractivity contribution in [3.8, 4) is 0 Å². The second-order valence-electron chi connectivity index (χ2n) is 7.22. The first-order chi connectivity index (χ1) is 14.3. The number of hydrogen-bond acceptors (Lipinski definition) is 4. The number of benzene rings is 2. The zero-order valence-corrected chi connectivity index (χ0v) is 18.0. The highest BCUT2D eigenvalue weighted by atomic mass is 35.5. The van der Waals surface area contributed by atoms with E-state index in [1.165, 1.54) is 0 Å². The average Bonchev–Trinajstić information content (AvgIpc) is 2.94. The van der Waals surface area contributed by atoms with Gasteiger partial charge in [0.2, 0.25) is 5.91 Å². The molecule has 1 saturated heterocycles. The van der Waals surface area contributed by atoms with Gasteiger partial charge >= 0.3 is 6.03 Å². The van der Waals surface area contributed by atoms with E-state index in [9.17, 15) is 14.4 Å². The summed E-state index contributed by atoms with van der Waals surface area (Å²) in [6.07, 6.45) is 0. The minimum Gasteiger partial charge on any atom is -0.372 e. The van der Waals surface area contributed by atoms with E-state index in [1.807, 2.05) is 12.1 Å². The van der Waals surface area contributed by atoms with Crippen LogP contribution >= 0.6 is 11.6 Å². The van der Waals surface area contributed by atoms with Crippen LogP contribution in [0.5, 0.6) is 0 Å². The van der Waals surface area contributed by atoms with Crippen LogP contribution in [0.3, 0.4) is 0 Å². The molecule has 1 aliphatic heterocycles. The van der Waals surface area contributed by atoms with Gasteiger partial charge in [0.1, 0.15) is 12.1 Å². The Morgan fingerprint density at radius 2 is 1.67 bits per heavy atom. The minimum atomic E-state index is -1.24. The maximum absolute atomic E-state index is 12.9. The molecule has 0 saturated carbocycles. The molecule has 1 fully saturated rings. The SMILES string of the molecule is CCN(CC)c1ccc(NC(=O)CN2C(=O)NC(C)(c3ccc(Cl)cc3)C2=O)cc1. The van der Waals surface area contributed by atoms with Crippen LogP contribution in [0.4, 0.5) is 16.2 Å². The molecular formula is C22H25ClN4O3. The smallest absolute Gasteiger partial charge is 0.325 e. The number of anilines is 2. The van der Waals surface area contributed by atoms with E-state index in [4.69, 9.17) is 11.6 Å². The molecule has 0 bridgehead atoms. The van der Waals surface area contributed by atoms with E-state index in [0.29, 0.717) is 16.3 Å². The van der Waals surface area contributed by atoms with Crippen molar-refractivity contribution in [3.05, 3.63) is 59.1 Å². The van der Waals surface area contributed by atoms with Gasteiger partial charge in [-0.25, -0.2) is 4.79 Å². The van der Waals surface area contributed by atoms with Crippen molar-refractivity contribution in [2.24, 2.45) is 0 Å².